The zero-order valence-electron chi connectivity index (χ0n) is 10.6. The summed E-state index contributed by atoms with van der Waals surface area (Å²) in [7, 11) is 0. The summed E-state index contributed by atoms with van der Waals surface area (Å²) in [6.45, 7) is 1.95. The van der Waals surface area contributed by atoms with E-state index in [1.54, 1.807) is 0 Å². The van der Waals surface area contributed by atoms with Gasteiger partial charge in [-0.2, -0.15) is 0 Å². The van der Waals surface area contributed by atoms with Crippen LogP contribution in [0.25, 0.3) is 10.9 Å². The van der Waals surface area contributed by atoms with E-state index in [4.69, 9.17) is 0 Å². The molecule has 0 unspecified atom stereocenters. The number of ketones is 1. The molecule has 2 nitrogen and oxygen atoms in total. The Balaban J connectivity index is 1.95. The Bertz CT molecular complexity index is 599. The maximum Gasteiger partial charge on any atom is 0.163 e. The second-order valence-electron chi connectivity index (χ2n) is 5.23. The molecular formula is C16H17NO. The van der Waals surface area contributed by atoms with Crippen molar-refractivity contribution >= 4 is 16.7 Å². The molecule has 2 heteroatoms. The van der Waals surface area contributed by atoms with Gasteiger partial charge < -0.3 is 0 Å². The van der Waals surface area contributed by atoms with Crippen LogP contribution < -0.4 is 0 Å². The summed E-state index contributed by atoms with van der Waals surface area (Å²) in [5.41, 5.74) is 2.69. The number of carbonyl (C=O) groups excluding carboxylic acids is 1. The van der Waals surface area contributed by atoms with Crippen LogP contribution in [-0.2, 0) is 0 Å². The molecule has 0 atom stereocenters. The summed E-state index contributed by atoms with van der Waals surface area (Å²) in [6.07, 6.45) is 4.35. The van der Waals surface area contributed by atoms with E-state index in [1.165, 1.54) is 12.8 Å². The van der Waals surface area contributed by atoms with E-state index in [-0.39, 0.29) is 5.78 Å². The standard InChI is InChI=1S/C16H17NO/c1-11-10-14(16(18)9-8-12-6-7-12)13-4-2-3-5-15(13)17-11/h2-5,10,12H,6-9H2,1H3. The topological polar surface area (TPSA) is 30.0 Å². The Morgan fingerprint density at radius 2 is 2.11 bits per heavy atom. The average Bonchev–Trinajstić information content (AvgIpc) is 3.19. The van der Waals surface area contributed by atoms with Crippen LogP contribution in [0.15, 0.2) is 30.3 Å². The number of hydrogen-bond donors (Lipinski definition) is 0. The van der Waals surface area contributed by atoms with Gasteiger partial charge in [-0.05, 0) is 31.4 Å². The maximum absolute atomic E-state index is 12.3. The number of nitrogens with zero attached hydrogens (tertiary/aromatic N) is 1. The Labute approximate surface area is 107 Å². The smallest absolute Gasteiger partial charge is 0.163 e. The lowest BCUT2D eigenvalue weighted by atomic mass is 10.00. The minimum Gasteiger partial charge on any atom is -0.294 e. The Morgan fingerprint density at radius 1 is 1.33 bits per heavy atom. The van der Waals surface area contributed by atoms with Gasteiger partial charge in [-0.15, -0.1) is 0 Å². The summed E-state index contributed by atoms with van der Waals surface area (Å²) in [4.78, 5) is 16.8. The van der Waals surface area contributed by atoms with E-state index in [0.717, 1.165) is 34.5 Å². The Kier molecular flexibility index (Phi) is 2.86. The Hall–Kier alpha value is -1.70. The van der Waals surface area contributed by atoms with Crippen LogP contribution in [0.3, 0.4) is 0 Å². The molecule has 1 heterocycles. The van der Waals surface area contributed by atoms with Gasteiger partial charge in [-0.25, -0.2) is 0 Å². The minimum absolute atomic E-state index is 0.267. The van der Waals surface area contributed by atoms with E-state index in [9.17, 15) is 4.79 Å². The number of benzene rings is 1. The van der Waals surface area contributed by atoms with Crippen LogP contribution in [0.2, 0.25) is 0 Å². The fourth-order valence-corrected chi connectivity index (χ4v) is 2.41. The normalized spacial score (nSPS) is 14.9. The number of rotatable bonds is 4. The number of hydrogen-bond acceptors (Lipinski definition) is 2. The monoisotopic (exact) mass is 239 g/mol. The molecule has 2 aromatic rings. The Morgan fingerprint density at radius 3 is 2.89 bits per heavy atom. The first-order chi connectivity index (χ1) is 8.74. The molecule has 0 spiro atoms. The maximum atomic E-state index is 12.3. The lowest BCUT2D eigenvalue weighted by Gasteiger charge is -2.06. The van der Waals surface area contributed by atoms with Gasteiger partial charge in [0.2, 0.25) is 0 Å². The van der Waals surface area contributed by atoms with Gasteiger partial charge in [-0.1, -0.05) is 31.0 Å². The third-order valence-corrected chi connectivity index (χ3v) is 3.62. The number of para-hydroxylation sites is 1. The van der Waals surface area contributed by atoms with Crippen molar-refractivity contribution in [3.8, 4) is 0 Å². The lowest BCUT2D eigenvalue weighted by Crippen LogP contribution is -2.02. The van der Waals surface area contributed by atoms with Crippen molar-refractivity contribution in [3.63, 3.8) is 0 Å². The molecule has 0 amide bonds. The molecule has 1 fully saturated rings. The molecule has 1 aromatic carbocycles. The fraction of sp³-hybridized carbons (Fsp3) is 0.375. The number of aryl methyl sites for hydroxylation is 1. The molecule has 1 aliphatic carbocycles. The summed E-state index contributed by atoms with van der Waals surface area (Å²) in [5, 5.41) is 0.990. The number of pyridine rings is 1. The lowest BCUT2D eigenvalue weighted by molar-refractivity contribution is 0.0979. The van der Waals surface area contributed by atoms with Crippen LogP contribution >= 0.6 is 0 Å². The molecule has 1 saturated carbocycles. The van der Waals surface area contributed by atoms with Gasteiger partial charge in [-0.3, -0.25) is 9.78 Å². The van der Waals surface area contributed by atoms with Gasteiger partial charge in [0, 0.05) is 23.1 Å². The van der Waals surface area contributed by atoms with E-state index < -0.39 is 0 Å². The van der Waals surface area contributed by atoms with E-state index in [2.05, 4.69) is 4.98 Å². The molecule has 0 saturated heterocycles. The summed E-state index contributed by atoms with van der Waals surface area (Å²) in [5.74, 6) is 1.08. The van der Waals surface area contributed by atoms with Crippen LogP contribution in [0.5, 0.6) is 0 Å². The zero-order chi connectivity index (χ0) is 12.5. The number of fused-ring (bicyclic) bond motifs is 1. The van der Waals surface area contributed by atoms with Crippen molar-refractivity contribution in [1.29, 1.82) is 0 Å². The molecule has 1 aromatic heterocycles. The predicted octanol–water partition coefficient (Wildman–Crippen LogP) is 3.92. The van der Waals surface area contributed by atoms with Gasteiger partial charge in [0.05, 0.1) is 5.52 Å². The van der Waals surface area contributed by atoms with Crippen LogP contribution in [0, 0.1) is 12.8 Å². The molecule has 0 aliphatic heterocycles. The molecule has 0 N–H and O–H groups in total. The third-order valence-electron chi connectivity index (χ3n) is 3.62. The van der Waals surface area contributed by atoms with Crippen LogP contribution in [-0.4, -0.2) is 10.8 Å². The molecule has 3 rings (SSSR count). The third kappa shape index (κ3) is 2.28. The summed E-state index contributed by atoms with van der Waals surface area (Å²) >= 11 is 0. The largest absolute Gasteiger partial charge is 0.294 e. The summed E-state index contributed by atoms with van der Waals surface area (Å²) < 4.78 is 0. The number of aromatic nitrogens is 1. The first-order valence-electron chi connectivity index (χ1n) is 6.63. The van der Waals surface area contributed by atoms with E-state index >= 15 is 0 Å². The van der Waals surface area contributed by atoms with Crippen molar-refractivity contribution < 1.29 is 4.79 Å². The van der Waals surface area contributed by atoms with Gasteiger partial charge in [0.25, 0.3) is 0 Å². The number of carbonyl (C=O) groups is 1. The van der Waals surface area contributed by atoms with Crippen molar-refractivity contribution in [3.05, 3.63) is 41.6 Å². The van der Waals surface area contributed by atoms with Crippen molar-refractivity contribution in [1.82, 2.24) is 4.98 Å². The number of Topliss-reactive ketones (excluding diaryl/α,β-unsaturated/α-hetero) is 1. The predicted molar refractivity (Wildman–Crippen MR) is 72.8 cm³/mol. The highest BCUT2D eigenvalue weighted by Crippen LogP contribution is 2.34. The quantitative estimate of drug-likeness (QED) is 0.757. The molecule has 0 radical (unpaired) electrons. The zero-order valence-corrected chi connectivity index (χ0v) is 10.6. The minimum atomic E-state index is 0.267. The first kappa shape index (κ1) is 11.4. The fourth-order valence-electron chi connectivity index (χ4n) is 2.41. The highest BCUT2D eigenvalue weighted by Gasteiger charge is 2.22. The second kappa shape index (κ2) is 4.52. The van der Waals surface area contributed by atoms with Crippen molar-refractivity contribution in [2.75, 3.05) is 0 Å². The molecule has 18 heavy (non-hydrogen) atoms. The second-order valence-corrected chi connectivity index (χ2v) is 5.23. The molecular weight excluding hydrogens is 222 g/mol. The molecule has 0 bridgehead atoms. The van der Waals surface area contributed by atoms with Gasteiger partial charge in [0.1, 0.15) is 0 Å². The molecule has 92 valence electrons. The van der Waals surface area contributed by atoms with Crippen molar-refractivity contribution in [2.45, 2.75) is 32.6 Å². The van der Waals surface area contributed by atoms with Gasteiger partial charge in [0.15, 0.2) is 5.78 Å². The van der Waals surface area contributed by atoms with E-state index in [0.29, 0.717) is 6.42 Å². The van der Waals surface area contributed by atoms with Gasteiger partial charge >= 0.3 is 0 Å². The first-order valence-corrected chi connectivity index (χ1v) is 6.63. The van der Waals surface area contributed by atoms with Crippen molar-refractivity contribution in [2.24, 2.45) is 5.92 Å². The van der Waals surface area contributed by atoms with Crippen LogP contribution in [0.1, 0.15) is 41.7 Å². The molecule has 1 aliphatic rings. The average molecular weight is 239 g/mol. The van der Waals surface area contributed by atoms with E-state index in [1.807, 2.05) is 37.3 Å². The van der Waals surface area contributed by atoms with Crippen LogP contribution in [0.4, 0.5) is 0 Å². The SMILES string of the molecule is Cc1cc(C(=O)CCC2CC2)c2ccccc2n1. The summed E-state index contributed by atoms with van der Waals surface area (Å²) in [6, 6.07) is 9.83. The highest BCUT2D eigenvalue weighted by atomic mass is 16.1. The highest BCUT2D eigenvalue weighted by molar-refractivity contribution is 6.07.